The van der Waals surface area contributed by atoms with Crippen LogP contribution in [0, 0.1) is 0 Å². The van der Waals surface area contributed by atoms with Gasteiger partial charge in [0.25, 0.3) is 0 Å². The van der Waals surface area contributed by atoms with Gasteiger partial charge in [-0.2, -0.15) is 5.10 Å². The van der Waals surface area contributed by atoms with Gasteiger partial charge in [-0.3, -0.25) is 0 Å². The zero-order valence-electron chi connectivity index (χ0n) is 11.9. The fraction of sp³-hybridized carbons (Fsp3) is 0.286. The Morgan fingerprint density at radius 3 is 2.60 bits per heavy atom. The van der Waals surface area contributed by atoms with E-state index in [2.05, 4.69) is 10.1 Å². The maximum absolute atomic E-state index is 5.74. The van der Waals surface area contributed by atoms with Crippen LogP contribution in [-0.2, 0) is 6.54 Å². The molecule has 0 saturated carbocycles. The van der Waals surface area contributed by atoms with Crippen molar-refractivity contribution >= 4 is 5.96 Å². The standard InChI is InChI=1S/C14H19N5O/c1-18(2)14(15)16-10-11-8-9-19(17-11)12-4-6-13(20-3)7-5-12/h4-9H,10H2,1-3H3,(H2,15,16). The van der Waals surface area contributed by atoms with Gasteiger partial charge >= 0.3 is 0 Å². The van der Waals surface area contributed by atoms with E-state index in [4.69, 9.17) is 10.5 Å². The maximum Gasteiger partial charge on any atom is 0.191 e. The topological polar surface area (TPSA) is 68.7 Å². The van der Waals surface area contributed by atoms with Gasteiger partial charge in [-0.25, -0.2) is 9.67 Å². The lowest BCUT2D eigenvalue weighted by Crippen LogP contribution is -2.30. The second kappa shape index (κ2) is 6.10. The Hall–Kier alpha value is -2.50. The molecule has 20 heavy (non-hydrogen) atoms. The maximum atomic E-state index is 5.74. The Bertz CT molecular complexity index is 586. The van der Waals surface area contributed by atoms with E-state index in [1.54, 1.807) is 16.7 Å². The van der Waals surface area contributed by atoms with Crippen LogP contribution in [0.5, 0.6) is 5.75 Å². The van der Waals surface area contributed by atoms with Crippen LogP contribution in [0.2, 0.25) is 0 Å². The van der Waals surface area contributed by atoms with Gasteiger partial charge < -0.3 is 15.4 Å². The number of hydrogen-bond donors (Lipinski definition) is 1. The lowest BCUT2D eigenvalue weighted by Gasteiger charge is -2.09. The molecule has 0 radical (unpaired) electrons. The summed E-state index contributed by atoms with van der Waals surface area (Å²) in [6.45, 7) is 0.465. The largest absolute Gasteiger partial charge is 0.497 e. The first-order chi connectivity index (χ1) is 9.60. The molecule has 0 fully saturated rings. The second-order valence-corrected chi connectivity index (χ2v) is 4.52. The van der Waals surface area contributed by atoms with Crippen LogP contribution in [0.4, 0.5) is 0 Å². The minimum Gasteiger partial charge on any atom is -0.497 e. The second-order valence-electron chi connectivity index (χ2n) is 4.52. The summed E-state index contributed by atoms with van der Waals surface area (Å²) < 4.78 is 6.93. The number of aromatic nitrogens is 2. The van der Waals surface area contributed by atoms with Gasteiger partial charge in [0.15, 0.2) is 5.96 Å². The van der Waals surface area contributed by atoms with E-state index < -0.39 is 0 Å². The summed E-state index contributed by atoms with van der Waals surface area (Å²) in [6.07, 6.45) is 1.90. The monoisotopic (exact) mass is 273 g/mol. The van der Waals surface area contributed by atoms with Crippen LogP contribution in [-0.4, -0.2) is 41.8 Å². The molecule has 0 amide bonds. The highest BCUT2D eigenvalue weighted by Gasteiger charge is 2.02. The average Bonchev–Trinajstić information content (AvgIpc) is 2.93. The normalized spacial score (nSPS) is 11.4. The highest BCUT2D eigenvalue weighted by atomic mass is 16.5. The van der Waals surface area contributed by atoms with Crippen molar-refractivity contribution in [3.8, 4) is 11.4 Å². The van der Waals surface area contributed by atoms with Gasteiger partial charge in [-0.15, -0.1) is 0 Å². The zero-order chi connectivity index (χ0) is 14.5. The fourth-order valence-corrected chi connectivity index (χ4v) is 1.63. The van der Waals surface area contributed by atoms with Crippen molar-refractivity contribution < 1.29 is 4.74 Å². The lowest BCUT2D eigenvalue weighted by atomic mass is 10.3. The summed E-state index contributed by atoms with van der Waals surface area (Å²) in [5.74, 6) is 1.31. The van der Waals surface area contributed by atoms with Gasteiger partial charge in [0, 0.05) is 20.3 Å². The molecule has 0 bridgehead atoms. The number of nitrogens with zero attached hydrogens (tertiary/aromatic N) is 4. The van der Waals surface area contributed by atoms with Gasteiger partial charge in [0.1, 0.15) is 5.75 Å². The number of methoxy groups -OCH3 is 1. The molecule has 0 atom stereocenters. The predicted molar refractivity (Wildman–Crippen MR) is 79.1 cm³/mol. The molecule has 0 saturated heterocycles. The molecule has 0 aliphatic carbocycles. The summed E-state index contributed by atoms with van der Waals surface area (Å²) in [7, 11) is 5.36. The number of nitrogens with two attached hydrogens (primary N) is 1. The van der Waals surface area contributed by atoms with Gasteiger partial charge in [-0.05, 0) is 30.3 Å². The minimum absolute atomic E-state index is 0.465. The van der Waals surface area contributed by atoms with Crippen molar-refractivity contribution in [1.29, 1.82) is 0 Å². The fourth-order valence-electron chi connectivity index (χ4n) is 1.63. The summed E-state index contributed by atoms with van der Waals surface area (Å²) in [5, 5.41) is 4.46. The van der Waals surface area contributed by atoms with E-state index in [9.17, 15) is 0 Å². The number of guanidine groups is 1. The Morgan fingerprint density at radius 1 is 1.30 bits per heavy atom. The quantitative estimate of drug-likeness (QED) is 0.672. The molecule has 1 aromatic carbocycles. The summed E-state index contributed by atoms with van der Waals surface area (Å²) >= 11 is 0. The van der Waals surface area contributed by atoms with Crippen molar-refractivity contribution in [1.82, 2.24) is 14.7 Å². The Labute approximate surface area is 118 Å². The van der Waals surface area contributed by atoms with Gasteiger partial charge in [0.2, 0.25) is 0 Å². The molecule has 2 rings (SSSR count). The van der Waals surface area contributed by atoms with Crippen LogP contribution >= 0.6 is 0 Å². The number of aliphatic imine (C=N–C) groups is 1. The molecule has 106 valence electrons. The molecule has 0 aliphatic heterocycles. The Kier molecular flexibility index (Phi) is 4.24. The molecule has 2 aromatic rings. The van der Waals surface area contributed by atoms with E-state index in [0.29, 0.717) is 12.5 Å². The van der Waals surface area contributed by atoms with E-state index in [0.717, 1.165) is 17.1 Å². The molecular weight excluding hydrogens is 254 g/mol. The molecule has 1 aromatic heterocycles. The first kappa shape index (κ1) is 13.9. The number of rotatable bonds is 4. The van der Waals surface area contributed by atoms with Crippen molar-refractivity contribution in [2.45, 2.75) is 6.54 Å². The molecular formula is C14H19N5O. The van der Waals surface area contributed by atoms with Crippen LogP contribution in [0.15, 0.2) is 41.5 Å². The highest BCUT2D eigenvalue weighted by Crippen LogP contribution is 2.14. The third kappa shape index (κ3) is 3.28. The molecule has 6 nitrogen and oxygen atoms in total. The smallest absolute Gasteiger partial charge is 0.191 e. The SMILES string of the molecule is COc1ccc(-n2ccc(CN=C(N)N(C)C)n2)cc1. The van der Waals surface area contributed by atoms with E-state index in [1.165, 1.54) is 0 Å². The van der Waals surface area contributed by atoms with Crippen molar-refractivity contribution in [3.63, 3.8) is 0 Å². The highest BCUT2D eigenvalue weighted by molar-refractivity contribution is 5.77. The molecule has 0 spiro atoms. The van der Waals surface area contributed by atoms with Crippen LogP contribution < -0.4 is 10.5 Å². The minimum atomic E-state index is 0.465. The molecule has 6 heteroatoms. The third-order valence-electron chi connectivity index (χ3n) is 2.84. The average molecular weight is 273 g/mol. The summed E-state index contributed by atoms with van der Waals surface area (Å²) in [5.41, 5.74) is 7.58. The Morgan fingerprint density at radius 2 is 2.00 bits per heavy atom. The number of benzene rings is 1. The van der Waals surface area contributed by atoms with E-state index in [1.807, 2.05) is 50.6 Å². The van der Waals surface area contributed by atoms with Crippen LogP contribution in [0.25, 0.3) is 5.69 Å². The van der Waals surface area contributed by atoms with Crippen LogP contribution in [0.3, 0.4) is 0 Å². The third-order valence-corrected chi connectivity index (χ3v) is 2.84. The van der Waals surface area contributed by atoms with Crippen molar-refractivity contribution in [2.75, 3.05) is 21.2 Å². The van der Waals surface area contributed by atoms with Gasteiger partial charge in [0.05, 0.1) is 25.0 Å². The molecule has 0 unspecified atom stereocenters. The van der Waals surface area contributed by atoms with E-state index in [-0.39, 0.29) is 0 Å². The molecule has 0 aliphatic rings. The van der Waals surface area contributed by atoms with Crippen molar-refractivity contribution in [2.24, 2.45) is 10.7 Å². The van der Waals surface area contributed by atoms with Gasteiger partial charge in [-0.1, -0.05) is 0 Å². The summed E-state index contributed by atoms with van der Waals surface area (Å²) in [4.78, 5) is 6.02. The number of ether oxygens (including phenoxy) is 1. The first-order valence-electron chi connectivity index (χ1n) is 6.26. The van der Waals surface area contributed by atoms with Crippen molar-refractivity contribution in [3.05, 3.63) is 42.2 Å². The Balaban J connectivity index is 2.10. The van der Waals surface area contributed by atoms with Crippen LogP contribution in [0.1, 0.15) is 5.69 Å². The summed E-state index contributed by atoms with van der Waals surface area (Å²) in [6, 6.07) is 9.63. The number of hydrogen-bond acceptors (Lipinski definition) is 3. The molecule has 1 heterocycles. The molecule has 2 N–H and O–H groups in total. The zero-order valence-corrected chi connectivity index (χ0v) is 11.9. The predicted octanol–water partition coefficient (Wildman–Crippen LogP) is 1.26. The first-order valence-corrected chi connectivity index (χ1v) is 6.26. The lowest BCUT2D eigenvalue weighted by molar-refractivity contribution is 0.414. The van der Waals surface area contributed by atoms with E-state index >= 15 is 0 Å².